The fourth-order valence-corrected chi connectivity index (χ4v) is 3.39. The number of amides is 1. The third-order valence-electron chi connectivity index (χ3n) is 4.79. The zero-order valence-corrected chi connectivity index (χ0v) is 13.5. The van der Waals surface area contributed by atoms with Crippen molar-refractivity contribution in [2.24, 2.45) is 5.92 Å². The van der Waals surface area contributed by atoms with Crippen molar-refractivity contribution in [3.63, 3.8) is 0 Å². The van der Waals surface area contributed by atoms with Gasteiger partial charge in [-0.15, -0.1) is 5.10 Å². The lowest BCUT2D eigenvalue weighted by molar-refractivity contribution is 0.0899. The van der Waals surface area contributed by atoms with Crippen molar-refractivity contribution in [3.05, 3.63) is 23.8 Å². The Bertz CT molecular complexity index is 682. The van der Waals surface area contributed by atoms with E-state index in [-0.39, 0.29) is 24.5 Å². The zero-order chi connectivity index (χ0) is 16.2. The van der Waals surface area contributed by atoms with E-state index in [0.29, 0.717) is 5.56 Å². The molecule has 1 fully saturated rings. The van der Waals surface area contributed by atoms with Gasteiger partial charge in [-0.25, -0.2) is 4.68 Å². The number of hydrogen-bond donors (Lipinski definition) is 2. The molecule has 124 valence electrons. The van der Waals surface area contributed by atoms with E-state index in [1.807, 2.05) is 23.7 Å². The first kappa shape index (κ1) is 15.9. The molecule has 1 aromatic heterocycles. The number of carbonyl (C=O) groups is 1. The lowest BCUT2D eigenvalue weighted by Crippen LogP contribution is -2.41. The third kappa shape index (κ3) is 3.37. The SMILES string of the molecule is CCn1nnc2cc(C(=O)NC3CCCCCC3CO)ccc21. The Balaban J connectivity index is 1.76. The molecule has 2 atom stereocenters. The van der Waals surface area contributed by atoms with Crippen LogP contribution in [0.4, 0.5) is 0 Å². The molecule has 0 saturated heterocycles. The van der Waals surface area contributed by atoms with Crippen LogP contribution in [0.2, 0.25) is 0 Å². The van der Waals surface area contributed by atoms with E-state index in [1.54, 1.807) is 6.07 Å². The standard InChI is InChI=1S/C17H24N4O2/c1-2-21-16-9-8-12(10-15(16)19-20-21)17(23)18-14-7-5-3-4-6-13(14)11-22/h8-10,13-14,22H,2-7,11H2,1H3,(H,18,23). The molecule has 1 heterocycles. The van der Waals surface area contributed by atoms with E-state index >= 15 is 0 Å². The van der Waals surface area contributed by atoms with Crippen LogP contribution < -0.4 is 5.32 Å². The molecular formula is C17H24N4O2. The number of aryl methyl sites for hydroxylation is 1. The van der Waals surface area contributed by atoms with Gasteiger partial charge >= 0.3 is 0 Å². The van der Waals surface area contributed by atoms with Crippen LogP contribution in [0, 0.1) is 5.92 Å². The van der Waals surface area contributed by atoms with Crippen LogP contribution >= 0.6 is 0 Å². The van der Waals surface area contributed by atoms with E-state index < -0.39 is 0 Å². The van der Waals surface area contributed by atoms with Crippen molar-refractivity contribution in [1.82, 2.24) is 20.3 Å². The molecule has 0 aliphatic heterocycles. The van der Waals surface area contributed by atoms with Gasteiger partial charge in [0.05, 0.1) is 5.52 Å². The predicted octanol–water partition coefficient (Wildman–Crippen LogP) is 2.12. The number of aliphatic hydroxyl groups is 1. The minimum Gasteiger partial charge on any atom is -0.396 e. The minimum absolute atomic E-state index is 0.0528. The summed E-state index contributed by atoms with van der Waals surface area (Å²) in [4.78, 5) is 12.6. The Labute approximate surface area is 135 Å². The maximum atomic E-state index is 12.6. The molecule has 2 N–H and O–H groups in total. The van der Waals surface area contributed by atoms with Crippen LogP contribution in [0.15, 0.2) is 18.2 Å². The second kappa shape index (κ2) is 7.08. The highest BCUT2D eigenvalue weighted by Gasteiger charge is 2.25. The second-order valence-corrected chi connectivity index (χ2v) is 6.27. The number of hydrogen-bond acceptors (Lipinski definition) is 4. The first-order valence-electron chi connectivity index (χ1n) is 8.48. The van der Waals surface area contributed by atoms with Crippen molar-refractivity contribution in [1.29, 1.82) is 0 Å². The molecule has 0 radical (unpaired) electrons. The number of nitrogens with zero attached hydrogens (tertiary/aromatic N) is 3. The molecule has 3 rings (SSSR count). The van der Waals surface area contributed by atoms with Gasteiger partial charge in [-0.3, -0.25) is 4.79 Å². The normalized spacial score (nSPS) is 22.0. The number of aliphatic hydroxyl groups excluding tert-OH is 1. The first-order chi connectivity index (χ1) is 11.2. The van der Waals surface area contributed by atoms with Gasteiger partial charge in [0.1, 0.15) is 5.52 Å². The topological polar surface area (TPSA) is 80.0 Å². The fourth-order valence-electron chi connectivity index (χ4n) is 3.39. The van der Waals surface area contributed by atoms with Gasteiger partial charge in [0.2, 0.25) is 0 Å². The summed E-state index contributed by atoms with van der Waals surface area (Å²) in [6.07, 6.45) is 5.32. The summed E-state index contributed by atoms with van der Waals surface area (Å²) in [6.45, 7) is 2.90. The summed E-state index contributed by atoms with van der Waals surface area (Å²) in [5.74, 6) is 0.0643. The van der Waals surface area contributed by atoms with Crippen molar-refractivity contribution in [2.75, 3.05) is 6.61 Å². The lowest BCUT2D eigenvalue weighted by Gasteiger charge is -2.24. The van der Waals surface area contributed by atoms with Crippen molar-refractivity contribution in [3.8, 4) is 0 Å². The van der Waals surface area contributed by atoms with E-state index in [1.165, 1.54) is 6.42 Å². The van der Waals surface area contributed by atoms with Crippen LogP contribution in [0.3, 0.4) is 0 Å². The Kier molecular flexibility index (Phi) is 4.91. The Morgan fingerprint density at radius 1 is 1.35 bits per heavy atom. The molecule has 1 amide bonds. The molecule has 1 aromatic carbocycles. The van der Waals surface area contributed by atoms with E-state index in [0.717, 1.165) is 43.3 Å². The highest BCUT2D eigenvalue weighted by Crippen LogP contribution is 2.23. The number of carbonyl (C=O) groups excluding carboxylic acids is 1. The van der Waals surface area contributed by atoms with Crippen molar-refractivity contribution in [2.45, 2.75) is 51.6 Å². The average molecular weight is 316 g/mol. The van der Waals surface area contributed by atoms with Gasteiger partial charge in [0.15, 0.2) is 0 Å². The number of benzene rings is 1. The lowest BCUT2D eigenvalue weighted by atomic mass is 9.95. The molecule has 2 unspecified atom stereocenters. The Morgan fingerprint density at radius 2 is 2.17 bits per heavy atom. The summed E-state index contributed by atoms with van der Waals surface area (Å²) >= 11 is 0. The molecule has 2 aromatic rings. The van der Waals surface area contributed by atoms with Crippen molar-refractivity contribution < 1.29 is 9.90 Å². The molecule has 23 heavy (non-hydrogen) atoms. The molecule has 1 saturated carbocycles. The van der Waals surface area contributed by atoms with Gasteiger partial charge < -0.3 is 10.4 Å². The second-order valence-electron chi connectivity index (χ2n) is 6.27. The van der Waals surface area contributed by atoms with E-state index in [9.17, 15) is 9.90 Å². The Morgan fingerprint density at radius 3 is 2.96 bits per heavy atom. The van der Waals surface area contributed by atoms with E-state index in [4.69, 9.17) is 0 Å². The smallest absolute Gasteiger partial charge is 0.251 e. The average Bonchev–Trinajstić information content (AvgIpc) is 2.86. The first-order valence-corrected chi connectivity index (χ1v) is 8.48. The summed E-state index contributed by atoms with van der Waals surface area (Å²) in [6, 6.07) is 5.55. The van der Waals surface area contributed by atoms with Gasteiger partial charge in [-0.1, -0.05) is 24.5 Å². The fraction of sp³-hybridized carbons (Fsp3) is 0.588. The summed E-state index contributed by atoms with van der Waals surface area (Å²) in [5, 5.41) is 20.9. The number of aromatic nitrogens is 3. The highest BCUT2D eigenvalue weighted by molar-refractivity contribution is 5.97. The van der Waals surface area contributed by atoms with Gasteiger partial charge in [-0.2, -0.15) is 0 Å². The monoisotopic (exact) mass is 316 g/mol. The molecule has 1 aliphatic carbocycles. The number of fused-ring (bicyclic) bond motifs is 1. The zero-order valence-electron chi connectivity index (χ0n) is 13.5. The van der Waals surface area contributed by atoms with Gasteiger partial charge in [-0.05, 0) is 38.0 Å². The molecule has 6 heteroatoms. The maximum absolute atomic E-state index is 12.6. The summed E-state index contributed by atoms with van der Waals surface area (Å²) in [7, 11) is 0. The quantitative estimate of drug-likeness (QED) is 0.847. The molecular weight excluding hydrogens is 292 g/mol. The van der Waals surface area contributed by atoms with Crippen molar-refractivity contribution >= 4 is 16.9 Å². The summed E-state index contributed by atoms with van der Waals surface area (Å²) < 4.78 is 1.81. The maximum Gasteiger partial charge on any atom is 0.251 e. The molecule has 6 nitrogen and oxygen atoms in total. The van der Waals surface area contributed by atoms with Crippen LogP contribution in [0.25, 0.3) is 11.0 Å². The van der Waals surface area contributed by atoms with Crippen LogP contribution in [0.1, 0.15) is 49.4 Å². The molecule has 0 spiro atoms. The van der Waals surface area contributed by atoms with Crippen LogP contribution in [-0.4, -0.2) is 38.7 Å². The molecule has 0 bridgehead atoms. The van der Waals surface area contributed by atoms with Gasteiger partial charge in [0, 0.05) is 30.7 Å². The largest absolute Gasteiger partial charge is 0.396 e. The number of rotatable bonds is 4. The predicted molar refractivity (Wildman–Crippen MR) is 88.1 cm³/mol. The third-order valence-corrected chi connectivity index (χ3v) is 4.79. The summed E-state index contributed by atoms with van der Waals surface area (Å²) in [5.41, 5.74) is 2.27. The van der Waals surface area contributed by atoms with Crippen LogP contribution in [-0.2, 0) is 6.54 Å². The Hall–Kier alpha value is -1.95. The minimum atomic E-state index is -0.0942. The van der Waals surface area contributed by atoms with Gasteiger partial charge in [0.25, 0.3) is 5.91 Å². The number of nitrogens with one attached hydrogen (secondary N) is 1. The van der Waals surface area contributed by atoms with Crippen LogP contribution in [0.5, 0.6) is 0 Å². The highest BCUT2D eigenvalue weighted by atomic mass is 16.3. The molecule has 1 aliphatic rings. The van der Waals surface area contributed by atoms with E-state index in [2.05, 4.69) is 15.6 Å².